The summed E-state index contributed by atoms with van der Waals surface area (Å²) in [5.74, 6) is 0.717. The van der Waals surface area contributed by atoms with Gasteiger partial charge in [0.2, 0.25) is 12.1 Å². The third kappa shape index (κ3) is 2.47. The van der Waals surface area contributed by atoms with Gasteiger partial charge in [0.15, 0.2) is 5.82 Å². The second-order valence-electron chi connectivity index (χ2n) is 5.51. The Kier molecular flexibility index (Phi) is 3.43. The second kappa shape index (κ2) is 5.30. The summed E-state index contributed by atoms with van der Waals surface area (Å²) in [4.78, 5) is 18.5. The van der Waals surface area contributed by atoms with Gasteiger partial charge in [0.1, 0.15) is 12.0 Å². The van der Waals surface area contributed by atoms with Crippen LogP contribution in [0, 0.1) is 10.1 Å². The number of imidazole rings is 1. The van der Waals surface area contributed by atoms with Crippen LogP contribution in [0.15, 0.2) is 18.7 Å². The Morgan fingerprint density at radius 1 is 1.17 bits per heavy atom. The standard InChI is InChI=1S/C13H16N8O2/c1-8(2)9-5-10(19(4)16-9)11-14-7-20(17-11)13-12(21(22)23)15-6-18(13)3/h5-8H,1-4H3. The molecule has 10 nitrogen and oxygen atoms in total. The average molecular weight is 316 g/mol. The number of hydrogen-bond donors (Lipinski definition) is 0. The van der Waals surface area contributed by atoms with Crippen LogP contribution in [0.2, 0.25) is 0 Å². The molecule has 0 saturated heterocycles. The Balaban J connectivity index is 2.05. The molecule has 0 radical (unpaired) electrons. The van der Waals surface area contributed by atoms with Crippen LogP contribution in [0.4, 0.5) is 5.82 Å². The van der Waals surface area contributed by atoms with Crippen molar-refractivity contribution < 1.29 is 4.92 Å². The van der Waals surface area contributed by atoms with E-state index in [4.69, 9.17) is 0 Å². The maximum absolute atomic E-state index is 11.1. The number of aryl methyl sites for hydroxylation is 2. The first-order valence-electron chi connectivity index (χ1n) is 7.00. The Labute approximate surface area is 131 Å². The van der Waals surface area contributed by atoms with Gasteiger partial charge in [-0.2, -0.15) is 9.78 Å². The molecular weight excluding hydrogens is 300 g/mol. The summed E-state index contributed by atoms with van der Waals surface area (Å²) in [6.07, 6.45) is 2.80. The number of nitrogens with zero attached hydrogens (tertiary/aromatic N) is 8. The first-order valence-corrected chi connectivity index (χ1v) is 7.00. The molecule has 0 atom stereocenters. The van der Waals surface area contributed by atoms with E-state index in [1.165, 1.54) is 21.9 Å². The number of nitro groups is 1. The third-order valence-corrected chi connectivity index (χ3v) is 3.49. The van der Waals surface area contributed by atoms with E-state index in [1.807, 2.05) is 13.1 Å². The Bertz CT molecular complexity index is 873. The molecule has 0 saturated carbocycles. The van der Waals surface area contributed by atoms with E-state index in [0.717, 1.165) is 11.4 Å². The molecule has 3 heterocycles. The Morgan fingerprint density at radius 2 is 1.91 bits per heavy atom. The number of aromatic nitrogens is 7. The summed E-state index contributed by atoms with van der Waals surface area (Å²) in [7, 11) is 3.48. The van der Waals surface area contributed by atoms with Crippen LogP contribution in [-0.2, 0) is 14.1 Å². The lowest BCUT2D eigenvalue weighted by molar-refractivity contribution is -0.389. The number of rotatable bonds is 4. The zero-order chi connectivity index (χ0) is 16.7. The second-order valence-corrected chi connectivity index (χ2v) is 5.51. The highest BCUT2D eigenvalue weighted by molar-refractivity contribution is 5.51. The van der Waals surface area contributed by atoms with Crippen molar-refractivity contribution in [2.45, 2.75) is 19.8 Å². The number of hydrogen-bond acceptors (Lipinski definition) is 6. The van der Waals surface area contributed by atoms with Crippen LogP contribution < -0.4 is 0 Å². The maximum Gasteiger partial charge on any atom is 0.408 e. The lowest BCUT2D eigenvalue weighted by Gasteiger charge is -2.00. The fourth-order valence-electron chi connectivity index (χ4n) is 2.27. The van der Waals surface area contributed by atoms with Crippen LogP contribution in [0.1, 0.15) is 25.5 Å². The van der Waals surface area contributed by atoms with E-state index < -0.39 is 4.92 Å². The van der Waals surface area contributed by atoms with Gasteiger partial charge < -0.3 is 10.1 Å². The van der Waals surface area contributed by atoms with Gasteiger partial charge in [-0.05, 0) is 21.9 Å². The molecule has 0 fully saturated rings. The lowest BCUT2D eigenvalue weighted by Crippen LogP contribution is -2.05. The first-order chi connectivity index (χ1) is 10.9. The first kappa shape index (κ1) is 14.9. The van der Waals surface area contributed by atoms with Crippen molar-refractivity contribution in [2.24, 2.45) is 14.1 Å². The highest BCUT2D eigenvalue weighted by atomic mass is 16.6. The molecule has 0 aromatic carbocycles. The van der Waals surface area contributed by atoms with Crippen LogP contribution in [-0.4, -0.2) is 39.0 Å². The van der Waals surface area contributed by atoms with Gasteiger partial charge in [0.05, 0.1) is 5.69 Å². The molecular formula is C13H16N8O2. The fourth-order valence-corrected chi connectivity index (χ4v) is 2.27. The SMILES string of the molecule is CC(C)c1cc(-c2ncn(-c3c([N+](=O)[O-])ncn3C)n2)n(C)n1. The van der Waals surface area contributed by atoms with E-state index in [9.17, 15) is 10.1 Å². The van der Waals surface area contributed by atoms with E-state index in [0.29, 0.717) is 5.82 Å². The minimum atomic E-state index is -0.544. The van der Waals surface area contributed by atoms with Gasteiger partial charge in [0, 0.05) is 14.1 Å². The summed E-state index contributed by atoms with van der Waals surface area (Å²) in [6.45, 7) is 4.11. The molecule has 3 aromatic heterocycles. The molecule has 3 aromatic rings. The van der Waals surface area contributed by atoms with Gasteiger partial charge in [-0.1, -0.05) is 13.8 Å². The van der Waals surface area contributed by atoms with Crippen molar-refractivity contribution in [1.29, 1.82) is 0 Å². The summed E-state index contributed by atoms with van der Waals surface area (Å²) >= 11 is 0. The molecule has 0 spiro atoms. The van der Waals surface area contributed by atoms with Crippen molar-refractivity contribution in [3.63, 3.8) is 0 Å². The van der Waals surface area contributed by atoms with Gasteiger partial charge in [-0.3, -0.25) is 9.25 Å². The largest absolute Gasteiger partial charge is 0.408 e. The normalized spacial score (nSPS) is 11.3. The molecule has 3 rings (SSSR count). The molecule has 0 unspecified atom stereocenters. The molecule has 0 N–H and O–H groups in total. The molecule has 0 aliphatic carbocycles. The van der Waals surface area contributed by atoms with Crippen LogP contribution in [0.3, 0.4) is 0 Å². The third-order valence-electron chi connectivity index (χ3n) is 3.49. The smallest absolute Gasteiger partial charge is 0.358 e. The van der Waals surface area contributed by atoms with Crippen LogP contribution in [0.25, 0.3) is 17.3 Å². The van der Waals surface area contributed by atoms with Crippen molar-refractivity contribution in [2.75, 3.05) is 0 Å². The molecule has 0 amide bonds. The Morgan fingerprint density at radius 3 is 2.52 bits per heavy atom. The van der Waals surface area contributed by atoms with Crippen molar-refractivity contribution in [3.05, 3.63) is 34.5 Å². The zero-order valence-corrected chi connectivity index (χ0v) is 13.2. The summed E-state index contributed by atoms with van der Waals surface area (Å²) in [5.41, 5.74) is 1.68. The average Bonchev–Trinajstić information content (AvgIpc) is 3.15. The lowest BCUT2D eigenvalue weighted by atomic mass is 10.1. The molecule has 23 heavy (non-hydrogen) atoms. The predicted octanol–water partition coefficient (Wildman–Crippen LogP) is 1.43. The quantitative estimate of drug-likeness (QED) is 0.532. The summed E-state index contributed by atoms with van der Waals surface area (Å²) < 4.78 is 4.58. The van der Waals surface area contributed by atoms with E-state index in [1.54, 1.807) is 11.7 Å². The topological polar surface area (TPSA) is 109 Å². The zero-order valence-electron chi connectivity index (χ0n) is 13.2. The summed E-state index contributed by atoms with van der Waals surface area (Å²) in [5, 5.41) is 19.8. The van der Waals surface area contributed by atoms with Crippen molar-refractivity contribution in [3.8, 4) is 17.3 Å². The van der Waals surface area contributed by atoms with Crippen LogP contribution >= 0.6 is 0 Å². The van der Waals surface area contributed by atoms with Crippen molar-refractivity contribution in [1.82, 2.24) is 34.1 Å². The molecule has 0 bridgehead atoms. The molecule has 120 valence electrons. The molecule has 10 heteroatoms. The van der Waals surface area contributed by atoms with E-state index in [2.05, 4.69) is 34.0 Å². The fraction of sp³-hybridized carbons (Fsp3) is 0.385. The highest BCUT2D eigenvalue weighted by Gasteiger charge is 2.24. The molecule has 0 aliphatic rings. The summed E-state index contributed by atoms with van der Waals surface area (Å²) in [6, 6.07) is 1.92. The van der Waals surface area contributed by atoms with E-state index in [-0.39, 0.29) is 17.6 Å². The maximum atomic E-state index is 11.1. The van der Waals surface area contributed by atoms with Gasteiger partial charge in [-0.25, -0.2) is 4.98 Å². The van der Waals surface area contributed by atoms with Gasteiger partial charge in [0.25, 0.3) is 0 Å². The van der Waals surface area contributed by atoms with Gasteiger partial charge >= 0.3 is 5.82 Å². The molecule has 0 aliphatic heterocycles. The minimum absolute atomic E-state index is 0.250. The van der Waals surface area contributed by atoms with E-state index >= 15 is 0 Å². The van der Waals surface area contributed by atoms with Gasteiger partial charge in [-0.15, -0.1) is 5.10 Å². The minimum Gasteiger partial charge on any atom is -0.358 e. The van der Waals surface area contributed by atoms with Crippen molar-refractivity contribution >= 4 is 5.82 Å². The van der Waals surface area contributed by atoms with Crippen LogP contribution in [0.5, 0.6) is 0 Å². The Hall–Kier alpha value is -3.04. The monoisotopic (exact) mass is 316 g/mol. The highest BCUT2D eigenvalue weighted by Crippen LogP contribution is 2.23. The predicted molar refractivity (Wildman–Crippen MR) is 81.1 cm³/mol.